The molecule has 1 aromatic heterocycles. The van der Waals surface area contributed by atoms with Crippen LogP contribution in [0.25, 0.3) is 0 Å². The number of hydrogen-bond donors (Lipinski definition) is 0. The summed E-state index contributed by atoms with van der Waals surface area (Å²) in [6.07, 6.45) is 2.19. The Hall–Kier alpha value is -1.39. The monoisotopic (exact) mass is 156 g/mol. The van der Waals surface area contributed by atoms with Gasteiger partial charge in [0, 0.05) is 6.42 Å². The lowest BCUT2D eigenvalue weighted by Crippen LogP contribution is -2.06. The second-order valence-electron chi connectivity index (χ2n) is 1.93. The molecule has 0 radical (unpaired) electrons. The fourth-order valence-electron chi connectivity index (χ4n) is 0.560. The highest BCUT2D eigenvalue weighted by molar-refractivity contribution is 5.71. The molecule has 0 aliphatic rings. The van der Waals surface area contributed by atoms with Crippen molar-refractivity contribution in [2.45, 2.75) is 19.8 Å². The van der Waals surface area contributed by atoms with Crippen molar-refractivity contribution in [3.05, 3.63) is 6.33 Å². The molecule has 0 unspecified atom stereocenters. The minimum atomic E-state index is -0.350. The van der Waals surface area contributed by atoms with E-state index in [4.69, 9.17) is 0 Å². The third-order valence-electron chi connectivity index (χ3n) is 0.996. The van der Waals surface area contributed by atoms with E-state index in [0.29, 0.717) is 6.42 Å². The highest BCUT2D eigenvalue weighted by Crippen LogP contribution is 2.03. The van der Waals surface area contributed by atoms with Gasteiger partial charge in [0.1, 0.15) is 0 Å². The maximum absolute atomic E-state index is 10.8. The van der Waals surface area contributed by atoms with E-state index in [-0.39, 0.29) is 12.0 Å². The van der Waals surface area contributed by atoms with E-state index in [1.54, 1.807) is 0 Å². The number of aromatic nitrogens is 2. The Labute approximate surface area is 63.4 Å². The van der Waals surface area contributed by atoms with Gasteiger partial charge in [0.25, 0.3) is 0 Å². The van der Waals surface area contributed by atoms with E-state index in [9.17, 15) is 4.79 Å². The summed E-state index contributed by atoms with van der Waals surface area (Å²) in [6, 6.07) is 0. The zero-order valence-electron chi connectivity index (χ0n) is 6.11. The highest BCUT2D eigenvalue weighted by atomic mass is 16.7. The summed E-state index contributed by atoms with van der Waals surface area (Å²) >= 11 is 0. The summed E-state index contributed by atoms with van der Waals surface area (Å²) in [7, 11) is 0. The molecule has 0 spiro atoms. The molecule has 0 bridgehead atoms. The molecule has 0 amide bonds. The first-order valence-electron chi connectivity index (χ1n) is 3.30. The zero-order valence-corrected chi connectivity index (χ0v) is 6.11. The standard InChI is InChI=1S/C6H8N2O3/c1-2-3-5(9)10-6-7-4-8-11-6/h4H,2-3H2,1H3. The number of hydrogen-bond acceptors (Lipinski definition) is 5. The number of carbonyl (C=O) groups excluding carboxylic acids is 1. The predicted molar refractivity (Wildman–Crippen MR) is 34.8 cm³/mol. The zero-order chi connectivity index (χ0) is 8.10. The first-order valence-corrected chi connectivity index (χ1v) is 3.30. The summed E-state index contributed by atoms with van der Waals surface area (Å²) in [4.78, 5) is 14.3. The van der Waals surface area contributed by atoms with Crippen molar-refractivity contribution in [3.63, 3.8) is 0 Å². The predicted octanol–water partition coefficient (Wildman–Crippen LogP) is 0.775. The molecule has 5 nitrogen and oxygen atoms in total. The average molecular weight is 156 g/mol. The molecule has 0 fully saturated rings. The molecule has 0 aliphatic heterocycles. The van der Waals surface area contributed by atoms with Crippen molar-refractivity contribution in [1.29, 1.82) is 0 Å². The van der Waals surface area contributed by atoms with Crippen LogP contribution < -0.4 is 4.74 Å². The van der Waals surface area contributed by atoms with Crippen LogP contribution in [-0.2, 0) is 4.79 Å². The van der Waals surface area contributed by atoms with Crippen molar-refractivity contribution >= 4 is 5.97 Å². The summed E-state index contributed by atoms with van der Waals surface area (Å²) in [5.41, 5.74) is 0. The quantitative estimate of drug-likeness (QED) is 0.605. The second-order valence-corrected chi connectivity index (χ2v) is 1.93. The Balaban J connectivity index is 2.37. The van der Waals surface area contributed by atoms with E-state index in [1.165, 1.54) is 6.33 Å². The smallest absolute Gasteiger partial charge is 0.376 e. The molecular formula is C6H8N2O3. The van der Waals surface area contributed by atoms with Gasteiger partial charge in [-0.25, -0.2) is 0 Å². The average Bonchev–Trinajstić information content (AvgIpc) is 2.40. The lowest BCUT2D eigenvalue weighted by Gasteiger charge is -1.93. The van der Waals surface area contributed by atoms with Gasteiger partial charge in [0.2, 0.25) is 0 Å². The minimum Gasteiger partial charge on any atom is -0.376 e. The highest BCUT2D eigenvalue weighted by Gasteiger charge is 2.06. The summed E-state index contributed by atoms with van der Waals surface area (Å²) < 4.78 is 9.06. The van der Waals surface area contributed by atoms with Crippen LogP contribution in [0.5, 0.6) is 6.08 Å². The lowest BCUT2D eigenvalue weighted by molar-refractivity contribution is -0.136. The van der Waals surface area contributed by atoms with E-state index >= 15 is 0 Å². The van der Waals surface area contributed by atoms with E-state index in [2.05, 4.69) is 19.4 Å². The third-order valence-corrected chi connectivity index (χ3v) is 0.996. The van der Waals surface area contributed by atoms with Crippen LogP contribution in [0, 0.1) is 0 Å². The Morgan fingerprint density at radius 3 is 3.18 bits per heavy atom. The van der Waals surface area contributed by atoms with Gasteiger partial charge >= 0.3 is 12.0 Å². The van der Waals surface area contributed by atoms with Gasteiger partial charge in [0.05, 0.1) is 0 Å². The number of nitrogens with zero attached hydrogens (tertiary/aromatic N) is 2. The molecule has 1 aromatic rings. The second kappa shape index (κ2) is 3.70. The Kier molecular flexibility index (Phi) is 2.59. The first-order chi connectivity index (χ1) is 5.33. The lowest BCUT2D eigenvalue weighted by atomic mass is 10.3. The van der Waals surface area contributed by atoms with Crippen LogP contribution in [-0.4, -0.2) is 16.1 Å². The SMILES string of the molecule is CCCC(=O)Oc1ncno1. The van der Waals surface area contributed by atoms with Crippen LogP contribution >= 0.6 is 0 Å². The van der Waals surface area contributed by atoms with Gasteiger partial charge in [-0.15, -0.1) is 0 Å². The molecule has 0 aliphatic carbocycles. The Morgan fingerprint density at radius 1 is 1.82 bits per heavy atom. The van der Waals surface area contributed by atoms with Crippen molar-refractivity contribution in [3.8, 4) is 6.08 Å². The fourth-order valence-corrected chi connectivity index (χ4v) is 0.560. The van der Waals surface area contributed by atoms with Crippen molar-refractivity contribution < 1.29 is 14.1 Å². The van der Waals surface area contributed by atoms with Crippen molar-refractivity contribution in [1.82, 2.24) is 10.1 Å². The normalized spacial score (nSPS) is 9.55. The number of rotatable bonds is 3. The minimum absolute atomic E-state index is 0.0940. The molecule has 0 aromatic carbocycles. The fraction of sp³-hybridized carbons (Fsp3) is 0.500. The summed E-state index contributed by atoms with van der Waals surface area (Å²) in [5.74, 6) is -0.350. The molecule has 1 heterocycles. The molecular weight excluding hydrogens is 148 g/mol. The van der Waals surface area contributed by atoms with Crippen LogP contribution in [0.3, 0.4) is 0 Å². The molecule has 60 valence electrons. The van der Waals surface area contributed by atoms with Crippen LogP contribution in [0.2, 0.25) is 0 Å². The van der Waals surface area contributed by atoms with Crippen LogP contribution in [0.4, 0.5) is 0 Å². The molecule has 0 atom stereocenters. The number of carbonyl (C=O) groups is 1. The first kappa shape index (κ1) is 7.71. The van der Waals surface area contributed by atoms with Crippen molar-refractivity contribution in [2.24, 2.45) is 0 Å². The molecule has 11 heavy (non-hydrogen) atoms. The van der Waals surface area contributed by atoms with Gasteiger partial charge in [0.15, 0.2) is 6.33 Å². The Morgan fingerprint density at radius 2 is 2.64 bits per heavy atom. The van der Waals surface area contributed by atoms with Gasteiger partial charge < -0.3 is 4.74 Å². The summed E-state index contributed by atoms with van der Waals surface area (Å²) in [5, 5.41) is 3.27. The van der Waals surface area contributed by atoms with Crippen LogP contribution in [0.15, 0.2) is 10.9 Å². The van der Waals surface area contributed by atoms with Gasteiger partial charge in [-0.3, -0.25) is 9.32 Å². The number of esters is 1. The topological polar surface area (TPSA) is 65.2 Å². The maximum Gasteiger partial charge on any atom is 0.424 e. The Bertz CT molecular complexity index is 220. The molecule has 0 N–H and O–H groups in total. The van der Waals surface area contributed by atoms with E-state index in [0.717, 1.165) is 6.42 Å². The van der Waals surface area contributed by atoms with Gasteiger partial charge in [-0.1, -0.05) is 12.1 Å². The molecule has 5 heteroatoms. The largest absolute Gasteiger partial charge is 0.424 e. The summed E-state index contributed by atoms with van der Waals surface area (Å²) in [6.45, 7) is 1.88. The van der Waals surface area contributed by atoms with Gasteiger partial charge in [-0.2, -0.15) is 4.98 Å². The van der Waals surface area contributed by atoms with E-state index in [1.807, 2.05) is 6.92 Å². The molecule has 1 rings (SSSR count). The van der Waals surface area contributed by atoms with Gasteiger partial charge in [-0.05, 0) is 6.42 Å². The van der Waals surface area contributed by atoms with E-state index < -0.39 is 0 Å². The third kappa shape index (κ3) is 2.37. The maximum atomic E-state index is 10.8. The molecule has 0 saturated carbocycles. The number of ether oxygens (including phenoxy) is 1. The van der Waals surface area contributed by atoms with Crippen molar-refractivity contribution in [2.75, 3.05) is 0 Å². The molecule has 0 saturated heterocycles. The van der Waals surface area contributed by atoms with Crippen LogP contribution in [0.1, 0.15) is 19.8 Å².